The summed E-state index contributed by atoms with van der Waals surface area (Å²) in [6.45, 7) is 16.6. The summed E-state index contributed by atoms with van der Waals surface area (Å²) in [6.07, 6.45) is 0.181. The van der Waals surface area contributed by atoms with Gasteiger partial charge in [0.15, 0.2) is 26.6 Å². The van der Waals surface area contributed by atoms with Crippen LogP contribution in [0.2, 0.25) is 18.1 Å². The normalized spacial score (nSPS) is 26.2. The Bertz CT molecular complexity index is 703. The predicted octanol–water partition coefficient (Wildman–Crippen LogP) is 4.58. The Balaban J connectivity index is 3.33. The van der Waals surface area contributed by atoms with E-state index in [9.17, 15) is 14.4 Å². The van der Waals surface area contributed by atoms with Crippen molar-refractivity contribution in [3.8, 4) is 0 Å². The molecule has 1 aliphatic rings. The van der Waals surface area contributed by atoms with Crippen molar-refractivity contribution in [2.75, 3.05) is 6.61 Å². The summed E-state index contributed by atoms with van der Waals surface area (Å²) in [6, 6.07) is 0. The standard InChI is InChI=1S/C23H40O8SSi/c1-10-11-12-13-32-22-21(30-17(4)26)20(29-16(3)25)19(28-15(2)24)18(31-22)14-27-33(8,9)23(5,6)7/h12-13,18-22H,10-11,14H2,1-9H3/t18-,19+,20+,21-,22+/m1/s1. The van der Waals surface area contributed by atoms with Gasteiger partial charge in [0.2, 0.25) is 0 Å². The molecule has 1 aliphatic heterocycles. The maximum atomic E-state index is 11.9. The highest BCUT2D eigenvalue weighted by Crippen LogP contribution is 2.39. The van der Waals surface area contributed by atoms with Crippen molar-refractivity contribution in [3.63, 3.8) is 0 Å². The molecule has 0 radical (unpaired) electrons. The molecule has 0 amide bonds. The first-order valence-electron chi connectivity index (χ1n) is 11.3. The Morgan fingerprint density at radius 2 is 1.45 bits per heavy atom. The molecule has 0 unspecified atom stereocenters. The molecule has 0 aromatic carbocycles. The van der Waals surface area contributed by atoms with E-state index in [1.54, 1.807) is 0 Å². The number of thioether (sulfide) groups is 1. The average Bonchev–Trinajstić information content (AvgIpc) is 2.66. The van der Waals surface area contributed by atoms with Crippen molar-refractivity contribution in [3.05, 3.63) is 11.5 Å². The molecule has 0 aliphatic carbocycles. The fourth-order valence-corrected chi connectivity index (χ4v) is 4.96. The molecule has 8 nitrogen and oxygen atoms in total. The lowest BCUT2D eigenvalue weighted by Gasteiger charge is -2.45. The largest absolute Gasteiger partial charge is 0.456 e. The highest BCUT2D eigenvalue weighted by Gasteiger charge is 2.52. The molecule has 0 bridgehead atoms. The number of unbranched alkanes of at least 4 members (excludes halogenated alkanes) is 1. The molecule has 10 heteroatoms. The van der Waals surface area contributed by atoms with Crippen molar-refractivity contribution in [1.82, 2.24) is 0 Å². The molecule has 0 N–H and O–H groups in total. The van der Waals surface area contributed by atoms with E-state index in [0.29, 0.717) is 0 Å². The molecular weight excluding hydrogens is 464 g/mol. The predicted molar refractivity (Wildman–Crippen MR) is 130 cm³/mol. The lowest BCUT2D eigenvalue weighted by atomic mass is 9.99. The van der Waals surface area contributed by atoms with E-state index in [1.165, 1.54) is 32.5 Å². The van der Waals surface area contributed by atoms with Gasteiger partial charge in [0.05, 0.1) is 6.61 Å². The molecule has 0 spiro atoms. The number of rotatable bonds is 10. The van der Waals surface area contributed by atoms with E-state index in [2.05, 4.69) is 40.8 Å². The van der Waals surface area contributed by atoms with Gasteiger partial charge in [-0.25, -0.2) is 0 Å². The van der Waals surface area contributed by atoms with Crippen LogP contribution in [0.1, 0.15) is 61.3 Å². The SMILES string of the molecule is CCCC=CS[C@@H]1O[C@H](CO[Si](C)(C)C(C)(C)C)[C@H](OC(C)=O)[C@H](OC(C)=O)[C@H]1OC(C)=O. The van der Waals surface area contributed by atoms with Crippen LogP contribution in [0.3, 0.4) is 0 Å². The van der Waals surface area contributed by atoms with Crippen LogP contribution in [-0.2, 0) is 37.8 Å². The second kappa shape index (κ2) is 12.9. The lowest BCUT2D eigenvalue weighted by Crippen LogP contribution is -2.62. The van der Waals surface area contributed by atoms with Crippen molar-refractivity contribution in [1.29, 1.82) is 0 Å². The smallest absolute Gasteiger partial charge is 0.303 e. The number of esters is 3. The average molecular weight is 505 g/mol. The van der Waals surface area contributed by atoms with Gasteiger partial charge >= 0.3 is 17.9 Å². The lowest BCUT2D eigenvalue weighted by molar-refractivity contribution is -0.235. The zero-order valence-corrected chi connectivity index (χ0v) is 23.2. The van der Waals surface area contributed by atoms with Crippen LogP contribution < -0.4 is 0 Å². The molecule has 190 valence electrons. The number of ether oxygens (including phenoxy) is 4. The molecular formula is C23H40O8SSi. The van der Waals surface area contributed by atoms with Crippen LogP contribution in [0, 0.1) is 0 Å². The summed E-state index contributed by atoms with van der Waals surface area (Å²) >= 11 is 1.33. The van der Waals surface area contributed by atoms with Gasteiger partial charge in [-0.15, -0.1) is 0 Å². The summed E-state index contributed by atoms with van der Waals surface area (Å²) in [7, 11) is -2.15. The Kier molecular flexibility index (Phi) is 11.6. The number of hydrogen-bond acceptors (Lipinski definition) is 9. The molecule has 0 aromatic rings. The molecule has 1 rings (SSSR count). The molecule has 33 heavy (non-hydrogen) atoms. The molecule has 5 atom stereocenters. The van der Waals surface area contributed by atoms with Gasteiger partial charge in [-0.2, -0.15) is 0 Å². The molecule has 0 saturated carbocycles. The third kappa shape index (κ3) is 9.42. The summed E-state index contributed by atoms with van der Waals surface area (Å²) in [5.74, 6) is -1.69. The second-order valence-electron chi connectivity index (χ2n) is 9.63. The van der Waals surface area contributed by atoms with Gasteiger partial charge < -0.3 is 23.4 Å². The van der Waals surface area contributed by atoms with Gasteiger partial charge in [-0.3, -0.25) is 14.4 Å². The maximum Gasteiger partial charge on any atom is 0.303 e. The van der Waals surface area contributed by atoms with Gasteiger partial charge in [-0.05, 0) is 30.0 Å². The fraction of sp³-hybridized carbons (Fsp3) is 0.783. The Hall–Kier alpha value is -1.36. The third-order valence-corrected chi connectivity index (χ3v) is 11.2. The van der Waals surface area contributed by atoms with Crippen LogP contribution in [-0.4, -0.2) is 62.7 Å². The zero-order chi connectivity index (χ0) is 25.4. The Morgan fingerprint density at radius 1 is 0.939 bits per heavy atom. The topological polar surface area (TPSA) is 97.4 Å². The molecule has 1 heterocycles. The Labute approximate surface area is 203 Å². The first kappa shape index (κ1) is 29.7. The zero-order valence-electron chi connectivity index (χ0n) is 21.3. The van der Waals surface area contributed by atoms with Crippen molar-refractivity contribution in [2.45, 2.75) is 109 Å². The number of hydrogen-bond donors (Lipinski definition) is 0. The van der Waals surface area contributed by atoms with Crippen LogP contribution in [0.25, 0.3) is 0 Å². The van der Waals surface area contributed by atoms with E-state index in [1.807, 2.05) is 11.5 Å². The first-order valence-corrected chi connectivity index (χ1v) is 15.2. The third-order valence-electron chi connectivity index (χ3n) is 5.68. The summed E-state index contributed by atoms with van der Waals surface area (Å²) in [5.41, 5.74) is -0.675. The Morgan fingerprint density at radius 3 is 1.94 bits per heavy atom. The minimum absolute atomic E-state index is 0.0365. The van der Waals surface area contributed by atoms with E-state index < -0.39 is 56.1 Å². The van der Waals surface area contributed by atoms with E-state index in [-0.39, 0.29) is 11.6 Å². The van der Waals surface area contributed by atoms with Crippen molar-refractivity contribution < 1.29 is 37.8 Å². The van der Waals surface area contributed by atoms with E-state index >= 15 is 0 Å². The van der Waals surface area contributed by atoms with Gasteiger partial charge in [0.1, 0.15) is 11.5 Å². The molecule has 0 aromatic heterocycles. The van der Waals surface area contributed by atoms with Crippen LogP contribution in [0.4, 0.5) is 0 Å². The van der Waals surface area contributed by atoms with Crippen molar-refractivity contribution >= 4 is 38.0 Å². The summed E-state index contributed by atoms with van der Waals surface area (Å²) < 4.78 is 29.2. The number of allylic oxidation sites excluding steroid dienone is 1. The highest BCUT2D eigenvalue weighted by atomic mass is 32.2. The van der Waals surface area contributed by atoms with E-state index in [0.717, 1.165) is 12.8 Å². The molecule has 1 fully saturated rings. The fourth-order valence-electron chi connectivity index (χ4n) is 2.97. The van der Waals surface area contributed by atoms with Gasteiger partial charge in [0, 0.05) is 20.8 Å². The van der Waals surface area contributed by atoms with Gasteiger partial charge in [-0.1, -0.05) is 52.0 Å². The van der Waals surface area contributed by atoms with Crippen molar-refractivity contribution in [2.24, 2.45) is 0 Å². The summed E-state index contributed by atoms with van der Waals surface area (Å²) in [5, 5.41) is 1.85. The summed E-state index contributed by atoms with van der Waals surface area (Å²) in [4.78, 5) is 35.7. The van der Waals surface area contributed by atoms with Crippen LogP contribution in [0.15, 0.2) is 11.5 Å². The highest BCUT2D eigenvalue weighted by molar-refractivity contribution is 8.02. The number of carbonyl (C=O) groups excluding carboxylic acids is 3. The minimum atomic E-state index is -2.15. The van der Waals surface area contributed by atoms with Crippen LogP contribution >= 0.6 is 11.8 Å². The number of carbonyl (C=O) groups is 3. The maximum absolute atomic E-state index is 11.9. The second-order valence-corrected chi connectivity index (χ2v) is 15.5. The first-order chi connectivity index (χ1) is 15.2. The van der Waals surface area contributed by atoms with Crippen LogP contribution in [0.5, 0.6) is 0 Å². The minimum Gasteiger partial charge on any atom is -0.456 e. The molecule has 1 saturated heterocycles. The van der Waals surface area contributed by atoms with E-state index in [4.69, 9.17) is 23.4 Å². The monoisotopic (exact) mass is 504 g/mol. The quantitative estimate of drug-likeness (QED) is 0.241. The van der Waals surface area contributed by atoms with Gasteiger partial charge in [0.25, 0.3) is 0 Å².